The van der Waals surface area contributed by atoms with Gasteiger partial charge in [0.1, 0.15) is 0 Å². The molecule has 1 aliphatic heterocycles. The molecule has 5 aliphatic rings. The van der Waals surface area contributed by atoms with Crippen LogP contribution in [-0.2, 0) is 31.8 Å². The van der Waals surface area contributed by atoms with E-state index in [1.54, 1.807) is 33.4 Å². The predicted octanol–water partition coefficient (Wildman–Crippen LogP) is 5.49. The van der Waals surface area contributed by atoms with Crippen molar-refractivity contribution in [1.29, 1.82) is 0 Å². The maximum absolute atomic E-state index is 7.60. The minimum absolute atomic E-state index is 0. The van der Waals surface area contributed by atoms with Gasteiger partial charge in [-0.2, -0.15) is 0 Å². The van der Waals surface area contributed by atoms with Gasteiger partial charge in [0.05, 0.1) is 0 Å². The Morgan fingerprint density at radius 3 is 1.28 bits per heavy atom. The van der Waals surface area contributed by atoms with Gasteiger partial charge in [-0.1, -0.05) is 0 Å². The molecule has 0 aromatic carbocycles. The van der Waals surface area contributed by atoms with Crippen molar-refractivity contribution in [2.24, 2.45) is 0 Å². The molecule has 0 fully saturated rings. The van der Waals surface area contributed by atoms with E-state index in [-0.39, 0.29) is 24.8 Å². The first-order chi connectivity index (χ1) is 19.2. The van der Waals surface area contributed by atoms with Crippen molar-refractivity contribution in [3.8, 4) is 0 Å². The second-order valence-electron chi connectivity index (χ2n) is 16.1. The summed E-state index contributed by atoms with van der Waals surface area (Å²) in [5, 5.41) is 0.590. The molecule has 0 unspecified atom stereocenters. The number of hydrogen-bond acceptors (Lipinski definition) is 2. The molecule has 43 heavy (non-hydrogen) atoms. The molecule has 0 radical (unpaired) electrons. The summed E-state index contributed by atoms with van der Waals surface area (Å²) in [6.45, 7) is 24.8. The summed E-state index contributed by atoms with van der Waals surface area (Å²) in [5.41, 5.74) is 10.6. The number of allylic oxidation sites excluding steroid dienone is 4. The third kappa shape index (κ3) is 7.14. The summed E-state index contributed by atoms with van der Waals surface area (Å²) in [6.07, 6.45) is 18.8. The van der Waals surface area contributed by atoms with Gasteiger partial charge in [0.2, 0.25) is 0 Å². The number of hydrogen-bond donors (Lipinski definition) is 0. The molecule has 0 bridgehead atoms. The summed E-state index contributed by atoms with van der Waals surface area (Å²) in [6, 6.07) is 0. The standard InChI is InChI=1S/C36H60O2Si2.2ClH.Hf/c1-11-23-35(3,4)39(7,8)37-33-25-27(29-17-13-15-19-31(29)33)21-22-28-26-34(32-20-16-14-18-30(28)32)38-40(9,10)36(5,6)24-12-2;;;/h33-34H,11-24H2,1-10H3;2*1H;/q;;;+2/p-2/t33-,34+;;;. The molecule has 4 aliphatic carbocycles. The van der Waals surface area contributed by atoms with Gasteiger partial charge >= 0.3 is 268 Å². The minimum Gasteiger partial charge on any atom is -1.00 e. The molecule has 5 rings (SSSR count). The van der Waals surface area contributed by atoms with E-state index in [9.17, 15) is 0 Å². The SMILES string of the molecule is CCCC(C)(C)[Si](C)(C)O[C@@H]1C2=C(CCCC2)C2=[C]1[Hf+2][C]1=C(CC2)C2=C(CCCC2)[C@@H]1O[Si](C)(C)C(C)(C)CCC.[Cl-].[Cl-]. The van der Waals surface area contributed by atoms with Crippen LogP contribution in [0.3, 0.4) is 0 Å². The van der Waals surface area contributed by atoms with Gasteiger partial charge in [-0.15, -0.1) is 0 Å². The Labute approximate surface area is 291 Å². The van der Waals surface area contributed by atoms with E-state index >= 15 is 0 Å². The molecule has 0 N–H and O–H groups in total. The monoisotopic (exact) mass is 830 g/mol. The maximum Gasteiger partial charge on any atom is -1.00 e. The van der Waals surface area contributed by atoms with Crippen LogP contribution in [0.4, 0.5) is 0 Å². The van der Waals surface area contributed by atoms with Crippen LogP contribution in [0.1, 0.15) is 131 Å². The Morgan fingerprint density at radius 2 is 0.930 bits per heavy atom. The second-order valence-corrected chi connectivity index (χ2v) is 30.1. The third-order valence-corrected chi connectivity index (χ3v) is 26.9. The minimum atomic E-state index is -1.93. The third-order valence-electron chi connectivity index (χ3n) is 12.3. The van der Waals surface area contributed by atoms with Crippen LogP contribution < -0.4 is 24.8 Å². The summed E-state index contributed by atoms with van der Waals surface area (Å²) in [7, 11) is -3.86. The van der Waals surface area contributed by atoms with Crippen LogP contribution in [0.5, 0.6) is 0 Å². The normalized spacial score (nSPS) is 24.3. The Kier molecular flexibility index (Phi) is 12.9. The van der Waals surface area contributed by atoms with Crippen LogP contribution in [0, 0.1) is 0 Å². The largest absolute Gasteiger partial charge is 1.00 e. The van der Waals surface area contributed by atoms with Crippen molar-refractivity contribution in [2.75, 3.05) is 0 Å². The zero-order valence-electron chi connectivity index (χ0n) is 29.1. The second kappa shape index (κ2) is 14.5. The van der Waals surface area contributed by atoms with E-state index in [1.807, 2.05) is 6.66 Å². The Bertz CT molecular complexity index is 1090. The van der Waals surface area contributed by atoms with Crippen LogP contribution >= 0.6 is 0 Å². The average Bonchev–Trinajstić information content (AvgIpc) is 3.24. The van der Waals surface area contributed by atoms with E-state index in [0.717, 1.165) is 0 Å². The maximum atomic E-state index is 7.60. The molecule has 0 spiro atoms. The van der Waals surface area contributed by atoms with Crippen LogP contribution in [-0.4, -0.2) is 28.8 Å². The first-order valence-corrected chi connectivity index (χ1v) is 26.7. The van der Waals surface area contributed by atoms with Crippen molar-refractivity contribution in [2.45, 2.75) is 180 Å². The van der Waals surface area contributed by atoms with Crippen LogP contribution in [0.2, 0.25) is 36.3 Å². The topological polar surface area (TPSA) is 18.5 Å². The van der Waals surface area contributed by atoms with E-state index in [0.29, 0.717) is 22.3 Å². The number of fused-ring (bicyclic) bond motifs is 2. The fourth-order valence-corrected chi connectivity index (χ4v) is 20.0. The molecule has 2 nitrogen and oxygen atoms in total. The smallest absolute Gasteiger partial charge is 1.00 e. The molecule has 1 heterocycles. The molecular weight excluding hydrogens is 770 g/mol. The van der Waals surface area contributed by atoms with Gasteiger partial charge in [0.25, 0.3) is 0 Å². The Morgan fingerprint density at radius 1 is 0.581 bits per heavy atom. The first-order valence-electron chi connectivity index (χ1n) is 17.3. The molecule has 2 atom stereocenters. The van der Waals surface area contributed by atoms with E-state index in [1.165, 1.54) is 89.9 Å². The van der Waals surface area contributed by atoms with Crippen molar-refractivity contribution >= 4 is 16.6 Å². The molecule has 0 saturated carbocycles. The average molecular weight is 830 g/mol. The van der Waals surface area contributed by atoms with Gasteiger partial charge in [-0.05, 0) is 0 Å². The van der Waals surface area contributed by atoms with Gasteiger partial charge in [-0.3, -0.25) is 0 Å². The summed E-state index contributed by atoms with van der Waals surface area (Å²) >= 11 is -1.35. The summed E-state index contributed by atoms with van der Waals surface area (Å²) in [4.78, 5) is 0. The van der Waals surface area contributed by atoms with Crippen LogP contribution in [0.25, 0.3) is 0 Å². The molecular formula is C36H60Cl2HfO2Si2. The van der Waals surface area contributed by atoms with Gasteiger partial charge in [-0.25, -0.2) is 0 Å². The zero-order chi connectivity index (χ0) is 29.8. The fourth-order valence-electron chi connectivity index (χ4n) is 8.38. The molecule has 0 amide bonds. The van der Waals surface area contributed by atoms with Crippen molar-refractivity contribution in [1.82, 2.24) is 0 Å². The van der Waals surface area contributed by atoms with Crippen LogP contribution in [0.15, 0.2) is 40.1 Å². The van der Waals surface area contributed by atoms with E-state index < -0.39 is 39.5 Å². The molecule has 0 aromatic heterocycles. The summed E-state index contributed by atoms with van der Waals surface area (Å²) < 4.78 is 18.9. The van der Waals surface area contributed by atoms with Crippen molar-refractivity contribution in [3.63, 3.8) is 0 Å². The zero-order valence-corrected chi connectivity index (χ0v) is 36.2. The molecule has 242 valence electrons. The molecule has 0 saturated heterocycles. The molecule has 7 heteroatoms. The van der Waals surface area contributed by atoms with Crippen molar-refractivity contribution in [3.05, 3.63) is 40.1 Å². The predicted molar refractivity (Wildman–Crippen MR) is 177 cm³/mol. The van der Waals surface area contributed by atoms with Gasteiger partial charge < -0.3 is 24.8 Å². The number of rotatable bonds is 10. The van der Waals surface area contributed by atoms with E-state index in [2.05, 4.69) is 67.7 Å². The molecule has 0 aromatic rings. The number of halogens is 2. The van der Waals surface area contributed by atoms with Crippen molar-refractivity contribution < 1.29 is 56.6 Å². The van der Waals surface area contributed by atoms with Gasteiger partial charge in [0.15, 0.2) is 0 Å². The van der Waals surface area contributed by atoms with Gasteiger partial charge in [0, 0.05) is 0 Å². The Hall–Kier alpha value is 0.764. The quantitative estimate of drug-likeness (QED) is 0.272. The summed E-state index contributed by atoms with van der Waals surface area (Å²) in [5.74, 6) is 0. The fraction of sp³-hybridized carbons (Fsp3) is 0.778. The Balaban J connectivity index is 0.00000253. The first kappa shape index (κ1) is 38.2. The van der Waals surface area contributed by atoms with E-state index in [4.69, 9.17) is 8.85 Å².